The zero-order valence-electron chi connectivity index (χ0n) is 13.4. The molecule has 0 bridgehead atoms. The summed E-state index contributed by atoms with van der Waals surface area (Å²) in [5.74, 6) is 1.52. The predicted molar refractivity (Wildman–Crippen MR) is 99.0 cm³/mol. The van der Waals surface area contributed by atoms with Gasteiger partial charge in [-0.2, -0.15) is 0 Å². The first-order valence-electron chi connectivity index (χ1n) is 7.64. The van der Waals surface area contributed by atoms with E-state index in [2.05, 4.69) is 82.1 Å². The van der Waals surface area contributed by atoms with Crippen molar-refractivity contribution in [1.29, 1.82) is 0 Å². The van der Waals surface area contributed by atoms with Gasteiger partial charge in [0.05, 0.1) is 0 Å². The Morgan fingerprint density at radius 2 is 1.79 bits per heavy atom. The molecule has 0 saturated heterocycles. The highest BCUT2D eigenvalue weighted by atomic mass is 32.2. The van der Waals surface area contributed by atoms with E-state index in [0.717, 1.165) is 22.8 Å². The predicted octanol–water partition coefficient (Wildman–Crippen LogP) is 4.50. The van der Waals surface area contributed by atoms with Gasteiger partial charge in [-0.05, 0) is 37.4 Å². The van der Waals surface area contributed by atoms with Crippen LogP contribution >= 0.6 is 11.8 Å². The molecule has 4 aromatic rings. The number of aryl methyl sites for hydroxylation is 1. The summed E-state index contributed by atoms with van der Waals surface area (Å²) in [6.45, 7) is 2.08. The molecule has 120 valence electrons. The van der Waals surface area contributed by atoms with E-state index in [1.54, 1.807) is 18.1 Å². The van der Waals surface area contributed by atoms with E-state index in [4.69, 9.17) is 0 Å². The number of nitrogens with one attached hydrogen (secondary N) is 2. The lowest BCUT2D eigenvalue weighted by atomic mass is 10.1. The second kappa shape index (κ2) is 6.05. The summed E-state index contributed by atoms with van der Waals surface area (Å²) in [4.78, 5) is 10.2. The highest BCUT2D eigenvalue weighted by molar-refractivity contribution is 7.98. The van der Waals surface area contributed by atoms with Crippen LogP contribution in [0, 0.1) is 6.92 Å². The van der Waals surface area contributed by atoms with Crippen LogP contribution in [-0.4, -0.2) is 25.8 Å². The molecule has 4 rings (SSSR count). The molecule has 0 spiro atoms. The van der Waals surface area contributed by atoms with E-state index in [-0.39, 0.29) is 0 Å². The molecule has 2 heterocycles. The summed E-state index contributed by atoms with van der Waals surface area (Å²) in [6, 6.07) is 16.7. The largest absolute Gasteiger partial charge is 0.338 e. The Morgan fingerprint density at radius 3 is 2.50 bits per heavy atom. The number of rotatable bonds is 4. The number of hydrogen-bond donors (Lipinski definition) is 2. The van der Waals surface area contributed by atoms with Gasteiger partial charge in [-0.1, -0.05) is 29.8 Å². The average Bonchev–Trinajstić information content (AvgIpc) is 3.19. The number of fused-ring (bicyclic) bond motifs is 1. The highest BCUT2D eigenvalue weighted by Crippen LogP contribution is 2.31. The van der Waals surface area contributed by atoms with Gasteiger partial charge in [-0.25, -0.2) is 14.5 Å². The molecule has 6 heteroatoms. The molecule has 0 aliphatic heterocycles. The molecular weight excluding hydrogens is 318 g/mol. The molecule has 0 aliphatic rings. The van der Waals surface area contributed by atoms with Crippen molar-refractivity contribution in [2.45, 2.75) is 11.8 Å². The maximum Gasteiger partial charge on any atom is 0.252 e. The number of anilines is 2. The van der Waals surface area contributed by atoms with Gasteiger partial charge in [-0.3, -0.25) is 5.10 Å². The van der Waals surface area contributed by atoms with Crippen LogP contribution in [0.2, 0.25) is 0 Å². The molecule has 0 radical (unpaired) electrons. The Hall–Kier alpha value is -2.73. The van der Waals surface area contributed by atoms with Gasteiger partial charge in [0.25, 0.3) is 5.78 Å². The molecule has 0 amide bonds. The monoisotopic (exact) mass is 335 g/mol. The van der Waals surface area contributed by atoms with Crippen LogP contribution in [0.5, 0.6) is 0 Å². The Balaban J connectivity index is 1.79. The topological polar surface area (TPSA) is 58.0 Å². The number of nitrogens with zero attached hydrogens (tertiary/aromatic N) is 3. The first-order chi connectivity index (χ1) is 11.7. The van der Waals surface area contributed by atoms with Crippen molar-refractivity contribution in [3.8, 4) is 11.3 Å². The van der Waals surface area contributed by atoms with Gasteiger partial charge in [0, 0.05) is 16.1 Å². The Labute approximate surface area is 144 Å². The quantitative estimate of drug-likeness (QED) is 0.539. The van der Waals surface area contributed by atoms with Crippen molar-refractivity contribution in [1.82, 2.24) is 19.6 Å². The van der Waals surface area contributed by atoms with Gasteiger partial charge in [0.1, 0.15) is 12.0 Å². The Bertz CT molecular complexity index is 967. The van der Waals surface area contributed by atoms with E-state index >= 15 is 0 Å². The van der Waals surface area contributed by atoms with Crippen molar-refractivity contribution in [3.63, 3.8) is 0 Å². The fourth-order valence-electron chi connectivity index (χ4n) is 2.60. The lowest BCUT2D eigenvalue weighted by Crippen LogP contribution is -1.97. The van der Waals surface area contributed by atoms with Crippen molar-refractivity contribution in [3.05, 3.63) is 60.4 Å². The minimum Gasteiger partial charge on any atom is -0.338 e. The summed E-state index contributed by atoms with van der Waals surface area (Å²) in [5, 5.41) is 6.57. The summed E-state index contributed by atoms with van der Waals surface area (Å²) < 4.78 is 1.86. The van der Waals surface area contributed by atoms with E-state index < -0.39 is 0 Å². The van der Waals surface area contributed by atoms with Crippen LogP contribution in [-0.2, 0) is 0 Å². The fraction of sp³-hybridized carbons (Fsp3) is 0.111. The molecule has 0 saturated carbocycles. The zero-order chi connectivity index (χ0) is 16.5. The van der Waals surface area contributed by atoms with E-state index in [9.17, 15) is 0 Å². The molecule has 0 fully saturated rings. The molecule has 0 aliphatic carbocycles. The van der Waals surface area contributed by atoms with Crippen molar-refractivity contribution in [2.24, 2.45) is 0 Å². The Kier molecular flexibility index (Phi) is 3.74. The number of aromatic nitrogens is 4. The molecule has 2 N–H and O–H groups in total. The van der Waals surface area contributed by atoms with E-state index in [0.29, 0.717) is 5.78 Å². The summed E-state index contributed by atoms with van der Waals surface area (Å²) in [7, 11) is 0. The lowest BCUT2D eigenvalue weighted by Gasteiger charge is -2.08. The van der Waals surface area contributed by atoms with Crippen LogP contribution in [0.3, 0.4) is 0 Å². The minimum atomic E-state index is 0.647. The summed E-state index contributed by atoms with van der Waals surface area (Å²) in [5.41, 5.74) is 4.18. The molecule has 2 aromatic heterocycles. The van der Waals surface area contributed by atoms with Crippen molar-refractivity contribution in [2.75, 3.05) is 11.6 Å². The van der Waals surface area contributed by atoms with Gasteiger partial charge in [-0.15, -0.1) is 11.8 Å². The van der Waals surface area contributed by atoms with Crippen LogP contribution in [0.25, 0.3) is 17.0 Å². The number of imidazole rings is 1. The fourth-order valence-corrected chi connectivity index (χ4v) is 3.01. The third kappa shape index (κ3) is 2.65. The molecular formula is C18H17N5S. The average molecular weight is 335 g/mol. The summed E-state index contributed by atoms with van der Waals surface area (Å²) >= 11 is 1.73. The lowest BCUT2D eigenvalue weighted by molar-refractivity contribution is 0.980. The maximum absolute atomic E-state index is 4.66. The first kappa shape index (κ1) is 14.8. The van der Waals surface area contributed by atoms with E-state index in [1.165, 1.54) is 10.5 Å². The molecule has 0 atom stereocenters. The normalized spacial score (nSPS) is 11.1. The Morgan fingerprint density at radius 1 is 1.04 bits per heavy atom. The second-order valence-corrected chi connectivity index (χ2v) is 6.43. The van der Waals surface area contributed by atoms with Gasteiger partial charge in [0.15, 0.2) is 5.82 Å². The molecule has 0 unspecified atom stereocenters. The van der Waals surface area contributed by atoms with Crippen molar-refractivity contribution >= 4 is 29.0 Å². The highest BCUT2D eigenvalue weighted by Gasteiger charge is 2.16. The van der Waals surface area contributed by atoms with Crippen LogP contribution in [0.1, 0.15) is 5.56 Å². The van der Waals surface area contributed by atoms with Gasteiger partial charge >= 0.3 is 0 Å². The number of benzene rings is 2. The molecule has 2 aromatic carbocycles. The number of hydrogen-bond acceptors (Lipinski definition) is 4. The minimum absolute atomic E-state index is 0.647. The second-order valence-electron chi connectivity index (χ2n) is 5.55. The van der Waals surface area contributed by atoms with Gasteiger partial charge in [0.2, 0.25) is 0 Å². The zero-order valence-corrected chi connectivity index (χ0v) is 14.3. The van der Waals surface area contributed by atoms with Crippen LogP contribution in [0.15, 0.2) is 59.8 Å². The number of thioether (sulfide) groups is 1. The number of H-pyrrole nitrogens is 1. The summed E-state index contributed by atoms with van der Waals surface area (Å²) in [6.07, 6.45) is 3.71. The number of aromatic amines is 1. The van der Waals surface area contributed by atoms with Gasteiger partial charge < -0.3 is 5.32 Å². The molecule has 5 nitrogen and oxygen atoms in total. The van der Waals surface area contributed by atoms with Crippen LogP contribution in [0.4, 0.5) is 11.5 Å². The van der Waals surface area contributed by atoms with E-state index in [1.807, 2.05) is 4.52 Å². The van der Waals surface area contributed by atoms with Crippen molar-refractivity contribution < 1.29 is 0 Å². The third-order valence-corrected chi connectivity index (χ3v) is 4.65. The first-order valence-corrected chi connectivity index (χ1v) is 8.87. The third-order valence-electron chi connectivity index (χ3n) is 3.90. The smallest absolute Gasteiger partial charge is 0.252 e. The van der Waals surface area contributed by atoms with Crippen LogP contribution < -0.4 is 5.32 Å². The standard InChI is InChI=1S/C18H17N5S/c1-12-3-7-14(8-4-12)21-17-16(22-18-19-11-20-23(17)18)13-5-9-15(24-2)10-6-13/h3-11,21H,1-2H3,(H,19,20,22). The molecule has 24 heavy (non-hydrogen) atoms. The maximum atomic E-state index is 4.66. The SMILES string of the molecule is CSc1ccc(-c2nc3nc[nH]n3c2Nc2ccc(C)cc2)cc1.